The van der Waals surface area contributed by atoms with Crippen LogP contribution in [0.15, 0.2) is 0 Å². The SMILES string of the molecule is CC(CCC(OC1OCC(O)C(O)C1O)C(C)(C)O)C1C(O)CC2(C)C3CC(OC4OCC(O)C(O)C4O)C4C(C)(C)C(OC5OCC(O)C(O)C5O)CCC45CC35CCC12C. The van der Waals surface area contributed by atoms with E-state index in [0.717, 1.165) is 25.7 Å². The van der Waals surface area contributed by atoms with Crippen molar-refractivity contribution in [2.75, 3.05) is 19.8 Å². The molecule has 11 N–H and O–H groups in total. The molecule has 17 nitrogen and oxygen atoms in total. The fourth-order valence-electron chi connectivity index (χ4n) is 15.2. The van der Waals surface area contributed by atoms with Crippen molar-refractivity contribution in [1.82, 2.24) is 0 Å². The monoisotopic (exact) mass is 889 g/mol. The summed E-state index contributed by atoms with van der Waals surface area (Å²) in [5, 5.41) is 118. The smallest absolute Gasteiger partial charge is 0.186 e. The second kappa shape index (κ2) is 16.5. The highest BCUT2D eigenvalue weighted by Crippen LogP contribution is 2.89. The van der Waals surface area contributed by atoms with Gasteiger partial charge in [-0.15, -0.1) is 0 Å². The Morgan fingerprint density at radius 2 is 1.16 bits per heavy atom. The lowest BCUT2D eigenvalue weighted by Gasteiger charge is -2.65. The summed E-state index contributed by atoms with van der Waals surface area (Å²) in [4.78, 5) is 0. The Kier molecular flexibility index (Phi) is 12.7. The minimum Gasteiger partial charge on any atom is -0.393 e. The molecule has 62 heavy (non-hydrogen) atoms. The lowest BCUT2D eigenvalue weighted by Crippen LogP contribution is -2.64. The Bertz CT molecular complexity index is 1600. The van der Waals surface area contributed by atoms with Gasteiger partial charge in [0, 0.05) is 0 Å². The second-order valence-corrected chi connectivity index (χ2v) is 22.6. The molecule has 5 aliphatic carbocycles. The molecule has 5 saturated carbocycles. The fourth-order valence-corrected chi connectivity index (χ4v) is 15.2. The van der Waals surface area contributed by atoms with Crippen molar-refractivity contribution >= 4 is 0 Å². The Labute approximate surface area is 364 Å². The number of ether oxygens (including phenoxy) is 6. The third-order valence-corrected chi connectivity index (χ3v) is 18.6. The standard InChI is InChI=1S/C45H76O17/c1-20(8-9-28(41(4,5)56)62-39-35(55)32(52)24(49)18-59-39)29-21(46)15-43(7)26-14-25(60-37-33(53)30(50)22(47)16-57-37)36-40(2,3)27(61-38-34(54)31(51)23(48)17-58-38)10-11-45(36)19-44(26,45)13-12-42(29,43)6/h20-39,46-56H,8-19H2,1-7H3. The van der Waals surface area contributed by atoms with Crippen LogP contribution in [0.4, 0.5) is 0 Å². The zero-order valence-corrected chi connectivity index (χ0v) is 37.4. The molecule has 8 aliphatic rings. The molecule has 8 rings (SSSR count). The van der Waals surface area contributed by atoms with Crippen molar-refractivity contribution in [3.8, 4) is 0 Å². The Morgan fingerprint density at radius 1 is 0.629 bits per heavy atom. The van der Waals surface area contributed by atoms with Gasteiger partial charge >= 0.3 is 0 Å². The molecule has 0 amide bonds. The third-order valence-electron chi connectivity index (χ3n) is 18.6. The fraction of sp³-hybridized carbons (Fsp3) is 1.00. The van der Waals surface area contributed by atoms with Gasteiger partial charge in [0.15, 0.2) is 18.9 Å². The quantitative estimate of drug-likeness (QED) is 0.119. The van der Waals surface area contributed by atoms with Crippen LogP contribution in [0.5, 0.6) is 0 Å². The largest absolute Gasteiger partial charge is 0.393 e. The summed E-state index contributed by atoms with van der Waals surface area (Å²) < 4.78 is 36.7. The Balaban J connectivity index is 1.06. The lowest BCUT2D eigenvalue weighted by molar-refractivity contribution is -0.326. The molecular formula is C45H76O17. The first-order valence-corrected chi connectivity index (χ1v) is 23.2. The van der Waals surface area contributed by atoms with Crippen molar-refractivity contribution < 1.29 is 84.6 Å². The average molecular weight is 889 g/mol. The number of aliphatic hydroxyl groups excluding tert-OH is 10. The first-order valence-electron chi connectivity index (χ1n) is 23.2. The van der Waals surface area contributed by atoms with Gasteiger partial charge in [-0.3, -0.25) is 0 Å². The van der Waals surface area contributed by atoms with Crippen molar-refractivity contribution in [1.29, 1.82) is 0 Å². The highest BCUT2D eigenvalue weighted by atomic mass is 16.7. The van der Waals surface area contributed by atoms with E-state index in [-0.39, 0.29) is 65.2 Å². The number of fused-ring (bicyclic) bond motifs is 2. The summed E-state index contributed by atoms with van der Waals surface area (Å²) in [6.45, 7) is 13.7. The number of hydrogen-bond donors (Lipinski definition) is 11. The van der Waals surface area contributed by atoms with E-state index in [1.54, 1.807) is 13.8 Å². The minimum absolute atomic E-state index is 0.0114. The summed E-state index contributed by atoms with van der Waals surface area (Å²) in [7, 11) is 0. The minimum atomic E-state index is -1.50. The molecule has 0 aromatic rings. The van der Waals surface area contributed by atoms with Crippen molar-refractivity contribution in [2.45, 2.75) is 210 Å². The highest BCUT2D eigenvalue weighted by Gasteiger charge is 2.84. The van der Waals surface area contributed by atoms with Crippen LogP contribution in [0.3, 0.4) is 0 Å². The van der Waals surface area contributed by atoms with Crippen LogP contribution in [-0.4, -0.2) is 180 Å². The first-order chi connectivity index (χ1) is 28.8. The molecule has 24 unspecified atom stereocenters. The summed E-state index contributed by atoms with van der Waals surface area (Å²) in [5.41, 5.74) is -2.87. The lowest BCUT2D eigenvalue weighted by atomic mass is 9.41. The Hall–Kier alpha value is -0.680. The molecule has 0 radical (unpaired) electrons. The molecule has 0 aromatic carbocycles. The number of aliphatic hydroxyl groups is 11. The van der Waals surface area contributed by atoms with Crippen molar-refractivity contribution in [3.05, 3.63) is 0 Å². The van der Waals surface area contributed by atoms with Crippen LogP contribution >= 0.6 is 0 Å². The Morgan fingerprint density at radius 3 is 1.73 bits per heavy atom. The van der Waals surface area contributed by atoms with Gasteiger partial charge in [-0.1, -0.05) is 34.6 Å². The van der Waals surface area contributed by atoms with Gasteiger partial charge in [-0.25, -0.2) is 0 Å². The summed E-state index contributed by atoms with van der Waals surface area (Å²) in [6.07, 6.45) is -12.2. The molecular weight excluding hydrogens is 812 g/mol. The van der Waals surface area contributed by atoms with Gasteiger partial charge in [0.1, 0.15) is 54.9 Å². The van der Waals surface area contributed by atoms with E-state index >= 15 is 0 Å². The molecule has 0 aromatic heterocycles. The van der Waals surface area contributed by atoms with Crippen LogP contribution in [0.2, 0.25) is 0 Å². The first kappa shape index (κ1) is 47.8. The topological polar surface area (TPSA) is 278 Å². The van der Waals surface area contributed by atoms with E-state index in [9.17, 15) is 56.2 Å². The molecule has 3 saturated heterocycles. The van der Waals surface area contributed by atoms with Gasteiger partial charge in [-0.05, 0) is 122 Å². The predicted molar refractivity (Wildman–Crippen MR) is 216 cm³/mol. The maximum Gasteiger partial charge on any atom is 0.186 e. The normalized spacial score (nSPS) is 54.7. The average Bonchev–Trinajstić information content (AvgIpc) is 3.79. The van der Waals surface area contributed by atoms with E-state index in [1.165, 1.54) is 0 Å². The van der Waals surface area contributed by atoms with E-state index in [4.69, 9.17) is 28.4 Å². The van der Waals surface area contributed by atoms with Gasteiger partial charge in [0.2, 0.25) is 0 Å². The van der Waals surface area contributed by atoms with Gasteiger partial charge < -0.3 is 84.6 Å². The van der Waals surface area contributed by atoms with E-state index in [2.05, 4.69) is 34.6 Å². The highest BCUT2D eigenvalue weighted by molar-refractivity contribution is 5.33. The van der Waals surface area contributed by atoms with Crippen LogP contribution < -0.4 is 0 Å². The maximum absolute atomic E-state index is 12.3. The number of rotatable bonds is 11. The van der Waals surface area contributed by atoms with Crippen LogP contribution in [-0.2, 0) is 28.4 Å². The molecule has 3 aliphatic heterocycles. The van der Waals surface area contributed by atoms with E-state index in [0.29, 0.717) is 32.1 Å². The third kappa shape index (κ3) is 7.38. The van der Waals surface area contributed by atoms with Crippen molar-refractivity contribution in [3.63, 3.8) is 0 Å². The van der Waals surface area contributed by atoms with Gasteiger partial charge in [0.25, 0.3) is 0 Å². The van der Waals surface area contributed by atoms with E-state index in [1.807, 2.05) is 0 Å². The zero-order chi connectivity index (χ0) is 45.3. The van der Waals surface area contributed by atoms with E-state index < -0.39 is 109 Å². The predicted octanol–water partition coefficient (Wildman–Crippen LogP) is -0.334. The van der Waals surface area contributed by atoms with Crippen molar-refractivity contribution in [2.24, 2.45) is 50.7 Å². The second-order valence-electron chi connectivity index (χ2n) is 22.6. The summed E-state index contributed by atoms with van der Waals surface area (Å²) in [5.74, 6) is -0.151. The molecule has 3 heterocycles. The molecule has 358 valence electrons. The molecule has 17 heteroatoms. The zero-order valence-electron chi connectivity index (χ0n) is 37.4. The van der Waals surface area contributed by atoms with Gasteiger partial charge in [0.05, 0.1) is 49.8 Å². The number of hydrogen-bond acceptors (Lipinski definition) is 17. The summed E-state index contributed by atoms with van der Waals surface area (Å²) in [6, 6.07) is 0. The van der Waals surface area contributed by atoms with Crippen LogP contribution in [0.1, 0.15) is 106 Å². The molecule has 8 fully saturated rings. The summed E-state index contributed by atoms with van der Waals surface area (Å²) >= 11 is 0. The molecule has 24 atom stereocenters. The van der Waals surface area contributed by atoms with Gasteiger partial charge in [-0.2, -0.15) is 0 Å². The maximum atomic E-state index is 12.3. The van der Waals surface area contributed by atoms with Crippen LogP contribution in [0.25, 0.3) is 0 Å². The van der Waals surface area contributed by atoms with Crippen LogP contribution in [0, 0.1) is 50.7 Å². The molecule has 2 spiro atoms. The molecule has 0 bridgehead atoms.